The van der Waals surface area contributed by atoms with Crippen molar-refractivity contribution in [2.45, 2.75) is 6.92 Å². The largest absolute Gasteiger partial charge is 0.495 e. The summed E-state index contributed by atoms with van der Waals surface area (Å²) in [7, 11) is 1.63. The molecule has 1 N–H and O–H groups in total. The first-order valence-corrected chi connectivity index (χ1v) is 9.41. The Bertz CT molecular complexity index is 1470. The van der Waals surface area contributed by atoms with E-state index in [2.05, 4.69) is 15.0 Å². The summed E-state index contributed by atoms with van der Waals surface area (Å²) in [6, 6.07) is 13.2. The lowest BCUT2D eigenvalue weighted by molar-refractivity contribution is 0.413. The van der Waals surface area contributed by atoms with Crippen LogP contribution in [0.25, 0.3) is 39.9 Å². The van der Waals surface area contributed by atoms with Crippen LogP contribution in [0, 0.1) is 6.92 Å². The molecule has 7 heteroatoms. The number of nitrogens with zero attached hydrogens (tertiary/aromatic N) is 3. The zero-order valence-electron chi connectivity index (χ0n) is 16.4. The van der Waals surface area contributed by atoms with Crippen LogP contribution in [0.3, 0.4) is 0 Å². The molecule has 0 atom stereocenters. The Morgan fingerprint density at radius 2 is 2.03 bits per heavy atom. The number of benzene rings is 2. The number of para-hydroxylation sites is 1. The molecular weight excluding hydrogens is 380 g/mol. The van der Waals surface area contributed by atoms with E-state index in [1.807, 2.05) is 66.2 Å². The fourth-order valence-corrected chi connectivity index (χ4v) is 3.47. The van der Waals surface area contributed by atoms with Gasteiger partial charge in [0.15, 0.2) is 0 Å². The predicted octanol–water partition coefficient (Wildman–Crippen LogP) is 4.34. The molecule has 0 saturated heterocycles. The van der Waals surface area contributed by atoms with Crippen molar-refractivity contribution in [3.63, 3.8) is 0 Å². The van der Waals surface area contributed by atoms with E-state index in [0.717, 1.165) is 22.3 Å². The van der Waals surface area contributed by atoms with Crippen LogP contribution >= 0.6 is 0 Å². The van der Waals surface area contributed by atoms with Gasteiger partial charge in [-0.3, -0.25) is 4.79 Å². The summed E-state index contributed by atoms with van der Waals surface area (Å²) in [5.74, 6) is 1.13. The lowest BCUT2D eigenvalue weighted by Gasteiger charge is -2.09. The number of hydrogen-bond donors (Lipinski definition) is 1. The number of fused-ring (bicyclic) bond motifs is 3. The normalized spacial score (nSPS) is 11.7. The number of aromatic nitrogens is 4. The van der Waals surface area contributed by atoms with E-state index >= 15 is 0 Å². The molecule has 30 heavy (non-hydrogen) atoms. The highest BCUT2D eigenvalue weighted by Crippen LogP contribution is 2.26. The monoisotopic (exact) mass is 398 g/mol. The molecule has 0 unspecified atom stereocenters. The SMILES string of the molecule is COc1cc(C=Cc2nc3oc4ccccc4c3c(=O)[nH]2)ccc1-n1cnc(C)c1. The van der Waals surface area contributed by atoms with Crippen molar-refractivity contribution in [1.82, 2.24) is 19.5 Å². The van der Waals surface area contributed by atoms with Crippen LogP contribution in [0.2, 0.25) is 0 Å². The smallest absolute Gasteiger partial charge is 0.263 e. The highest BCUT2D eigenvalue weighted by atomic mass is 16.5. The molecule has 0 aliphatic heterocycles. The van der Waals surface area contributed by atoms with Gasteiger partial charge in [0.1, 0.15) is 22.5 Å². The zero-order valence-corrected chi connectivity index (χ0v) is 16.4. The van der Waals surface area contributed by atoms with Gasteiger partial charge in [0.2, 0.25) is 5.71 Å². The van der Waals surface area contributed by atoms with Crippen molar-refractivity contribution in [2.75, 3.05) is 7.11 Å². The van der Waals surface area contributed by atoms with Crippen LogP contribution in [0.5, 0.6) is 5.75 Å². The number of imidazole rings is 1. The van der Waals surface area contributed by atoms with Crippen molar-refractivity contribution in [3.05, 3.63) is 82.4 Å². The number of furan rings is 1. The Morgan fingerprint density at radius 3 is 2.83 bits per heavy atom. The lowest BCUT2D eigenvalue weighted by Crippen LogP contribution is -2.08. The van der Waals surface area contributed by atoms with Gasteiger partial charge in [-0.2, -0.15) is 4.98 Å². The van der Waals surface area contributed by atoms with Gasteiger partial charge in [-0.1, -0.05) is 30.3 Å². The van der Waals surface area contributed by atoms with E-state index in [9.17, 15) is 4.79 Å². The molecule has 0 bridgehead atoms. The minimum Gasteiger partial charge on any atom is -0.495 e. The van der Waals surface area contributed by atoms with Gasteiger partial charge in [0.25, 0.3) is 5.56 Å². The molecule has 0 amide bonds. The second kappa shape index (κ2) is 7.04. The topological polar surface area (TPSA) is 85.9 Å². The Kier molecular flexibility index (Phi) is 4.21. The third-order valence-electron chi connectivity index (χ3n) is 4.89. The standard InChI is InChI=1S/C23H18N4O3/c1-14-12-27(13-24-14)17-9-7-15(11-19(17)29-2)8-10-20-25-22(28)21-16-5-3-4-6-18(16)30-23(21)26-20/h3-13H,1-2H3,(H,25,26,28). The van der Waals surface area contributed by atoms with Crippen LogP contribution in [0.1, 0.15) is 17.1 Å². The summed E-state index contributed by atoms with van der Waals surface area (Å²) in [4.78, 5) is 24.1. The molecule has 0 spiro atoms. The summed E-state index contributed by atoms with van der Waals surface area (Å²) in [5.41, 5.74) is 3.46. The first kappa shape index (κ1) is 17.9. The number of rotatable bonds is 4. The molecule has 0 aliphatic rings. The third-order valence-corrected chi connectivity index (χ3v) is 4.89. The van der Waals surface area contributed by atoms with Gasteiger partial charge in [-0.25, -0.2) is 4.98 Å². The summed E-state index contributed by atoms with van der Waals surface area (Å²) in [6.45, 7) is 1.94. The van der Waals surface area contributed by atoms with E-state index in [-0.39, 0.29) is 5.56 Å². The summed E-state index contributed by atoms with van der Waals surface area (Å²) in [6.07, 6.45) is 7.28. The van der Waals surface area contributed by atoms with Gasteiger partial charge in [0.05, 0.1) is 24.8 Å². The third kappa shape index (κ3) is 3.06. The average molecular weight is 398 g/mol. The van der Waals surface area contributed by atoms with Gasteiger partial charge in [-0.05, 0) is 36.8 Å². The Morgan fingerprint density at radius 1 is 1.17 bits per heavy atom. The molecule has 0 fully saturated rings. The molecule has 5 rings (SSSR count). The average Bonchev–Trinajstić information content (AvgIpc) is 3.35. The Labute approximate surface area is 171 Å². The minimum atomic E-state index is -0.229. The summed E-state index contributed by atoms with van der Waals surface area (Å²) >= 11 is 0. The van der Waals surface area contributed by atoms with E-state index in [4.69, 9.17) is 9.15 Å². The number of methoxy groups -OCH3 is 1. The summed E-state index contributed by atoms with van der Waals surface area (Å²) in [5, 5.41) is 1.22. The molecule has 3 aromatic heterocycles. The van der Waals surface area contributed by atoms with Crippen molar-refractivity contribution in [1.29, 1.82) is 0 Å². The second-order valence-corrected chi connectivity index (χ2v) is 6.92. The van der Waals surface area contributed by atoms with Gasteiger partial charge in [0, 0.05) is 11.6 Å². The molecule has 0 saturated carbocycles. The van der Waals surface area contributed by atoms with Crippen molar-refractivity contribution < 1.29 is 9.15 Å². The number of H-pyrrole nitrogens is 1. The molecule has 7 nitrogen and oxygen atoms in total. The number of aryl methyl sites for hydroxylation is 1. The molecule has 3 heterocycles. The van der Waals surface area contributed by atoms with E-state index in [1.54, 1.807) is 19.5 Å². The van der Waals surface area contributed by atoms with E-state index in [0.29, 0.717) is 28.3 Å². The van der Waals surface area contributed by atoms with Gasteiger partial charge < -0.3 is 18.7 Å². The molecule has 148 valence electrons. The minimum absolute atomic E-state index is 0.229. The number of nitrogens with one attached hydrogen (secondary N) is 1. The van der Waals surface area contributed by atoms with E-state index < -0.39 is 0 Å². The summed E-state index contributed by atoms with van der Waals surface area (Å²) < 4.78 is 13.2. The van der Waals surface area contributed by atoms with Crippen molar-refractivity contribution in [3.8, 4) is 11.4 Å². The Balaban J connectivity index is 1.51. The van der Waals surface area contributed by atoms with Gasteiger partial charge >= 0.3 is 0 Å². The lowest BCUT2D eigenvalue weighted by atomic mass is 10.1. The van der Waals surface area contributed by atoms with Crippen LogP contribution < -0.4 is 10.3 Å². The fraction of sp³-hybridized carbons (Fsp3) is 0.0870. The van der Waals surface area contributed by atoms with Crippen LogP contribution in [-0.4, -0.2) is 26.6 Å². The van der Waals surface area contributed by atoms with Gasteiger partial charge in [-0.15, -0.1) is 0 Å². The number of hydrogen-bond acceptors (Lipinski definition) is 5. The number of ether oxygens (including phenoxy) is 1. The van der Waals surface area contributed by atoms with E-state index in [1.165, 1.54) is 0 Å². The molecule has 0 aliphatic carbocycles. The highest BCUT2D eigenvalue weighted by Gasteiger charge is 2.12. The predicted molar refractivity (Wildman–Crippen MR) is 116 cm³/mol. The number of aromatic amines is 1. The van der Waals surface area contributed by atoms with Crippen LogP contribution in [0.15, 0.2) is 64.2 Å². The van der Waals surface area contributed by atoms with Crippen molar-refractivity contribution in [2.24, 2.45) is 0 Å². The first-order valence-electron chi connectivity index (χ1n) is 9.41. The maximum Gasteiger partial charge on any atom is 0.263 e. The first-order chi connectivity index (χ1) is 14.6. The van der Waals surface area contributed by atoms with Crippen LogP contribution in [-0.2, 0) is 0 Å². The molecule has 2 aromatic carbocycles. The molecular formula is C23H18N4O3. The zero-order chi connectivity index (χ0) is 20.7. The Hall–Kier alpha value is -4.13. The maximum atomic E-state index is 12.6. The molecule has 5 aromatic rings. The van der Waals surface area contributed by atoms with Crippen molar-refractivity contribution >= 4 is 34.2 Å². The van der Waals surface area contributed by atoms with Crippen LogP contribution in [0.4, 0.5) is 0 Å². The maximum absolute atomic E-state index is 12.6. The highest BCUT2D eigenvalue weighted by molar-refractivity contribution is 6.03. The quantitative estimate of drug-likeness (QED) is 0.487. The molecule has 0 radical (unpaired) electrons. The fourth-order valence-electron chi connectivity index (χ4n) is 3.47. The second-order valence-electron chi connectivity index (χ2n) is 6.92.